The Balaban J connectivity index is 1.19. The van der Waals surface area contributed by atoms with E-state index in [-0.39, 0.29) is 0 Å². The van der Waals surface area contributed by atoms with Crippen molar-refractivity contribution < 1.29 is 13.3 Å². The van der Waals surface area contributed by atoms with Gasteiger partial charge in [0.15, 0.2) is 0 Å². The zero-order valence-corrected chi connectivity index (χ0v) is 31.7. The van der Waals surface area contributed by atoms with Crippen LogP contribution in [0.3, 0.4) is 0 Å². The van der Waals surface area contributed by atoms with Crippen LogP contribution < -0.4 is 0 Å². The molecular weight excluding hydrogens is 721 g/mol. The Hall–Kier alpha value is -7.88. The van der Waals surface area contributed by atoms with Gasteiger partial charge in [-0.25, -0.2) is 0 Å². The Labute approximate surface area is 337 Å². The quantitative estimate of drug-likeness (QED) is 0.168. The summed E-state index contributed by atoms with van der Waals surface area (Å²) < 4.78 is 20.8. The number of hydrogen-bond donors (Lipinski definition) is 0. The highest BCUT2D eigenvalue weighted by Gasteiger charge is 2.28. The Kier molecular flexibility index (Phi) is 6.72. The minimum absolute atomic E-state index is 0.797. The SMILES string of the molecule is c1ccc(-c2c(-c3ccc4ccccc4c3)oc3c(-c4c5ccccc5c(-c5ccc6c(c5)oc5ccccc56)c5ccccc45)c4oc5ccccc5c4cc23)cc1. The number of rotatable bonds is 4. The van der Waals surface area contributed by atoms with Crippen molar-refractivity contribution in [1.29, 1.82) is 0 Å². The molecule has 3 heterocycles. The molecule has 0 bridgehead atoms. The van der Waals surface area contributed by atoms with Gasteiger partial charge in [0.25, 0.3) is 0 Å². The van der Waals surface area contributed by atoms with Gasteiger partial charge in [-0.2, -0.15) is 0 Å². The second kappa shape index (κ2) is 12.3. The van der Waals surface area contributed by atoms with Gasteiger partial charge in [0.05, 0.1) is 5.56 Å². The molecule has 3 aromatic heterocycles. The minimum Gasteiger partial charge on any atom is -0.456 e. The van der Waals surface area contributed by atoms with Gasteiger partial charge in [0, 0.05) is 43.6 Å². The van der Waals surface area contributed by atoms with Crippen LogP contribution in [0, 0.1) is 0 Å². The average Bonchev–Trinajstić information content (AvgIpc) is 3.99. The molecule has 0 radical (unpaired) electrons. The molecule has 0 saturated carbocycles. The van der Waals surface area contributed by atoms with E-state index < -0.39 is 0 Å². The van der Waals surface area contributed by atoms with Crippen molar-refractivity contribution in [3.63, 3.8) is 0 Å². The van der Waals surface area contributed by atoms with E-state index in [4.69, 9.17) is 13.3 Å². The minimum atomic E-state index is 0.797. The van der Waals surface area contributed by atoms with E-state index in [0.29, 0.717) is 0 Å². The molecule has 0 amide bonds. The molecule has 0 fully saturated rings. The molecule has 3 heteroatoms. The number of hydrogen-bond acceptors (Lipinski definition) is 3. The molecule has 0 saturated heterocycles. The lowest BCUT2D eigenvalue weighted by Crippen LogP contribution is -1.92. The molecule has 0 spiro atoms. The molecule has 0 aliphatic carbocycles. The van der Waals surface area contributed by atoms with Crippen LogP contribution in [0.4, 0.5) is 0 Å². The number of fused-ring (bicyclic) bond motifs is 10. The maximum atomic E-state index is 7.40. The third-order valence-electron chi connectivity index (χ3n) is 12.2. The van der Waals surface area contributed by atoms with Crippen LogP contribution in [0.15, 0.2) is 207 Å². The molecule has 13 aromatic rings. The largest absolute Gasteiger partial charge is 0.456 e. The van der Waals surface area contributed by atoms with E-state index in [1.54, 1.807) is 0 Å². The Morgan fingerprint density at radius 1 is 0.237 bits per heavy atom. The first-order valence-electron chi connectivity index (χ1n) is 20.1. The van der Waals surface area contributed by atoms with Crippen molar-refractivity contribution >= 4 is 87.2 Å². The van der Waals surface area contributed by atoms with E-state index >= 15 is 0 Å². The molecule has 13 rings (SSSR count). The first-order valence-corrected chi connectivity index (χ1v) is 20.1. The van der Waals surface area contributed by atoms with E-state index in [2.05, 4.69) is 176 Å². The smallest absolute Gasteiger partial charge is 0.147 e. The molecule has 59 heavy (non-hydrogen) atoms. The number of benzene rings is 10. The van der Waals surface area contributed by atoms with Gasteiger partial charge in [0.1, 0.15) is 33.7 Å². The number of furan rings is 3. The highest BCUT2D eigenvalue weighted by atomic mass is 16.3. The van der Waals surface area contributed by atoms with Crippen molar-refractivity contribution in [2.45, 2.75) is 0 Å². The fourth-order valence-electron chi connectivity index (χ4n) is 9.65. The summed E-state index contributed by atoms with van der Waals surface area (Å²) in [5, 5.41) is 12.3. The zero-order valence-electron chi connectivity index (χ0n) is 31.7. The summed E-state index contributed by atoms with van der Waals surface area (Å²) in [5.74, 6) is 0.833. The topological polar surface area (TPSA) is 39.4 Å². The van der Waals surface area contributed by atoms with E-state index in [1.165, 1.54) is 5.39 Å². The van der Waals surface area contributed by atoms with Gasteiger partial charge < -0.3 is 13.3 Å². The predicted molar refractivity (Wildman–Crippen MR) is 245 cm³/mol. The van der Waals surface area contributed by atoms with Gasteiger partial charge in [-0.3, -0.25) is 0 Å². The Morgan fingerprint density at radius 3 is 1.51 bits per heavy atom. The Bertz CT molecular complexity index is 3780. The zero-order chi connectivity index (χ0) is 38.6. The van der Waals surface area contributed by atoms with Crippen LogP contribution in [-0.4, -0.2) is 0 Å². The highest BCUT2D eigenvalue weighted by molar-refractivity contribution is 6.29. The van der Waals surface area contributed by atoms with Crippen LogP contribution in [0.25, 0.3) is 132 Å². The van der Waals surface area contributed by atoms with Gasteiger partial charge >= 0.3 is 0 Å². The summed E-state index contributed by atoms with van der Waals surface area (Å²) >= 11 is 0. The predicted octanol–water partition coefficient (Wildman–Crippen LogP) is 16.4. The van der Waals surface area contributed by atoms with Crippen LogP contribution in [0.1, 0.15) is 0 Å². The van der Waals surface area contributed by atoms with E-state index in [9.17, 15) is 0 Å². The first kappa shape index (κ1) is 32.2. The van der Waals surface area contributed by atoms with Gasteiger partial charge in [-0.05, 0) is 85.4 Å². The molecule has 0 aliphatic heterocycles. The summed E-state index contributed by atoms with van der Waals surface area (Å²) in [7, 11) is 0. The monoisotopic (exact) mass is 752 g/mol. The molecule has 0 atom stereocenters. The van der Waals surface area contributed by atoms with Crippen LogP contribution in [-0.2, 0) is 0 Å². The Morgan fingerprint density at radius 2 is 0.780 bits per heavy atom. The summed E-state index contributed by atoms with van der Waals surface area (Å²) in [6, 6.07) is 68.9. The highest BCUT2D eigenvalue weighted by Crippen LogP contribution is 2.53. The summed E-state index contributed by atoms with van der Waals surface area (Å²) in [6.45, 7) is 0. The van der Waals surface area contributed by atoms with Crippen LogP contribution in [0.2, 0.25) is 0 Å². The summed E-state index contributed by atoms with van der Waals surface area (Å²) in [6.07, 6.45) is 0. The molecule has 274 valence electrons. The normalized spacial score (nSPS) is 12.1. The first-order chi connectivity index (χ1) is 29.3. The second-order valence-electron chi connectivity index (χ2n) is 15.5. The lowest BCUT2D eigenvalue weighted by atomic mass is 9.84. The molecule has 0 N–H and O–H groups in total. The van der Waals surface area contributed by atoms with Gasteiger partial charge in [-0.15, -0.1) is 0 Å². The molecule has 0 unspecified atom stereocenters. The van der Waals surface area contributed by atoms with Crippen molar-refractivity contribution in [1.82, 2.24) is 0 Å². The fourth-order valence-corrected chi connectivity index (χ4v) is 9.65. The van der Waals surface area contributed by atoms with Gasteiger partial charge in [-0.1, -0.05) is 158 Å². The van der Waals surface area contributed by atoms with E-state index in [0.717, 1.165) is 126 Å². The average molecular weight is 753 g/mol. The standard InChI is InChI=1S/C56H32O3/c1-2-15-34(16-3-1)51-46-32-45-39-19-11-13-25-48(39)58-55(45)53(56(46)59-54(51)37-27-26-33-14-4-5-17-35(33)30-37)52-43-22-8-6-20-41(43)50(42-21-7-9-23-44(42)52)36-28-29-40-38-18-10-12-24-47(38)57-49(40)31-36/h1-32H. The third kappa shape index (κ3) is 4.70. The van der Waals surface area contributed by atoms with Crippen LogP contribution >= 0.6 is 0 Å². The van der Waals surface area contributed by atoms with Crippen LogP contribution in [0.5, 0.6) is 0 Å². The molecule has 0 aliphatic rings. The molecule has 10 aromatic carbocycles. The third-order valence-corrected chi connectivity index (χ3v) is 12.2. The summed E-state index contributed by atoms with van der Waals surface area (Å²) in [4.78, 5) is 0. The maximum Gasteiger partial charge on any atom is 0.147 e. The van der Waals surface area contributed by atoms with Gasteiger partial charge in [0.2, 0.25) is 0 Å². The second-order valence-corrected chi connectivity index (χ2v) is 15.5. The fraction of sp³-hybridized carbons (Fsp3) is 0. The van der Waals surface area contributed by atoms with Crippen molar-refractivity contribution in [2.75, 3.05) is 0 Å². The molecule has 3 nitrogen and oxygen atoms in total. The lowest BCUT2D eigenvalue weighted by Gasteiger charge is -2.18. The van der Waals surface area contributed by atoms with Crippen molar-refractivity contribution in [2.24, 2.45) is 0 Å². The van der Waals surface area contributed by atoms with Crippen molar-refractivity contribution in [3.8, 4) is 44.7 Å². The lowest BCUT2D eigenvalue weighted by molar-refractivity contribution is 0.630. The van der Waals surface area contributed by atoms with E-state index in [1.807, 2.05) is 18.2 Å². The summed E-state index contributed by atoms with van der Waals surface area (Å²) in [5.41, 5.74) is 11.7. The number of para-hydroxylation sites is 2. The van der Waals surface area contributed by atoms with Crippen molar-refractivity contribution in [3.05, 3.63) is 194 Å². The maximum absolute atomic E-state index is 7.40. The molecular formula is C56H32O3.